The minimum atomic E-state index is -4.63. The Kier molecular flexibility index (Phi) is 4.77. The second-order valence-electron chi connectivity index (χ2n) is 7.32. The molecule has 0 radical (unpaired) electrons. The molecule has 1 aliphatic heterocycles. The molecule has 1 aromatic carbocycles. The van der Waals surface area contributed by atoms with Crippen molar-refractivity contribution in [1.29, 1.82) is 0 Å². The van der Waals surface area contributed by atoms with Crippen molar-refractivity contribution in [1.82, 2.24) is 0 Å². The van der Waals surface area contributed by atoms with Crippen molar-refractivity contribution >= 4 is 16.2 Å². The van der Waals surface area contributed by atoms with Crippen LogP contribution in [0.4, 0.5) is 9.18 Å². The Bertz CT molecular complexity index is 788. The van der Waals surface area contributed by atoms with Gasteiger partial charge in [0.15, 0.2) is 0 Å². The summed E-state index contributed by atoms with van der Waals surface area (Å²) < 4.78 is 49.1. The van der Waals surface area contributed by atoms with E-state index in [1.54, 1.807) is 27.7 Å². The molecule has 3 unspecified atom stereocenters. The zero-order valence-corrected chi connectivity index (χ0v) is 15.3. The quantitative estimate of drug-likeness (QED) is 0.779. The summed E-state index contributed by atoms with van der Waals surface area (Å²) in [6.45, 7) is 6.29. The lowest BCUT2D eigenvalue weighted by Gasteiger charge is -2.47. The number of halogens is 1. The molecule has 25 heavy (non-hydrogen) atoms. The fraction of sp³-hybridized carbons (Fsp3) is 0.562. The van der Waals surface area contributed by atoms with Gasteiger partial charge in [0, 0.05) is 11.5 Å². The summed E-state index contributed by atoms with van der Waals surface area (Å²) in [6, 6.07) is 3.50. The third-order valence-corrected chi connectivity index (χ3v) is 6.33. The van der Waals surface area contributed by atoms with Crippen LogP contribution in [-0.4, -0.2) is 31.5 Å². The molecule has 1 heterocycles. The molecule has 0 saturated carbocycles. The van der Waals surface area contributed by atoms with Gasteiger partial charge in [0.2, 0.25) is 0 Å². The molecule has 0 saturated heterocycles. The Balaban J connectivity index is 2.76. The van der Waals surface area contributed by atoms with Gasteiger partial charge in [-0.25, -0.2) is 9.18 Å². The molecule has 3 atom stereocenters. The van der Waals surface area contributed by atoms with Gasteiger partial charge in [-0.2, -0.15) is 8.42 Å². The topological polar surface area (TPSA) is 116 Å². The van der Waals surface area contributed by atoms with E-state index in [2.05, 4.69) is 4.18 Å². The van der Waals surface area contributed by atoms with Gasteiger partial charge in [-0.1, -0.05) is 27.7 Å². The second kappa shape index (κ2) is 6.14. The molecule has 0 fully saturated rings. The van der Waals surface area contributed by atoms with Crippen LogP contribution in [0, 0.1) is 17.2 Å². The highest BCUT2D eigenvalue weighted by molar-refractivity contribution is 7.87. The van der Waals surface area contributed by atoms with Crippen LogP contribution in [0.15, 0.2) is 18.2 Å². The average Bonchev–Trinajstić information content (AvgIpc) is 2.40. The highest BCUT2D eigenvalue weighted by Gasteiger charge is 2.59. The first-order valence-corrected chi connectivity index (χ1v) is 9.15. The molecule has 3 N–H and O–H groups in total. The number of rotatable bonds is 3. The van der Waals surface area contributed by atoms with Gasteiger partial charge in [0.05, 0.1) is 6.61 Å². The van der Waals surface area contributed by atoms with Crippen molar-refractivity contribution in [3.63, 3.8) is 0 Å². The Morgan fingerprint density at radius 2 is 2.08 bits per heavy atom. The molecule has 0 bridgehead atoms. The SMILES string of the molecule is CC1COc2ccc(F)cc2C1(O)C(C(C)(C)C)S(=O)(=O)OC(N)=O. The minimum absolute atomic E-state index is 0.00774. The van der Waals surface area contributed by atoms with E-state index in [1.807, 2.05) is 0 Å². The van der Waals surface area contributed by atoms with Crippen LogP contribution in [-0.2, 0) is 19.9 Å². The van der Waals surface area contributed by atoms with Crippen LogP contribution >= 0.6 is 0 Å². The summed E-state index contributed by atoms with van der Waals surface area (Å²) in [4.78, 5) is 11.1. The Morgan fingerprint density at radius 3 is 2.60 bits per heavy atom. The number of amides is 1. The maximum Gasteiger partial charge on any atom is 0.420 e. The Morgan fingerprint density at radius 1 is 1.48 bits per heavy atom. The van der Waals surface area contributed by atoms with Crippen LogP contribution < -0.4 is 10.5 Å². The number of ether oxygens (including phenoxy) is 1. The molecular weight excluding hydrogens is 353 g/mol. The molecule has 0 aliphatic carbocycles. The van der Waals surface area contributed by atoms with Crippen LogP contribution in [0.2, 0.25) is 0 Å². The molecule has 7 nitrogen and oxygen atoms in total. The number of carbonyl (C=O) groups is 1. The number of hydrogen-bond acceptors (Lipinski definition) is 6. The van der Waals surface area contributed by atoms with E-state index in [-0.39, 0.29) is 17.9 Å². The van der Waals surface area contributed by atoms with Crippen molar-refractivity contribution in [2.24, 2.45) is 17.1 Å². The summed E-state index contributed by atoms with van der Waals surface area (Å²) in [6.07, 6.45) is -1.50. The minimum Gasteiger partial charge on any atom is -0.493 e. The largest absolute Gasteiger partial charge is 0.493 e. The first kappa shape index (κ1) is 19.5. The third-order valence-electron chi connectivity index (χ3n) is 4.29. The molecular formula is C16H22FNO6S. The molecule has 1 aliphatic rings. The average molecular weight is 375 g/mol. The van der Waals surface area contributed by atoms with Gasteiger partial charge < -0.3 is 19.8 Å². The van der Waals surface area contributed by atoms with Crippen molar-refractivity contribution in [2.45, 2.75) is 38.5 Å². The number of nitrogens with two attached hydrogens (primary N) is 1. The number of fused-ring (bicyclic) bond motifs is 1. The van der Waals surface area contributed by atoms with E-state index in [0.717, 1.165) is 12.1 Å². The number of aliphatic hydroxyl groups is 1. The highest BCUT2D eigenvalue weighted by Crippen LogP contribution is 2.50. The lowest BCUT2D eigenvalue weighted by molar-refractivity contribution is -0.0757. The normalized spacial score (nSPS) is 24.8. The molecule has 2 rings (SSSR count). The van der Waals surface area contributed by atoms with E-state index in [4.69, 9.17) is 10.5 Å². The second-order valence-corrected chi connectivity index (χ2v) is 8.94. The van der Waals surface area contributed by atoms with Gasteiger partial charge in [0.1, 0.15) is 22.4 Å². The van der Waals surface area contributed by atoms with Crippen LogP contribution in [0.25, 0.3) is 0 Å². The van der Waals surface area contributed by atoms with E-state index < -0.39 is 44.2 Å². The molecule has 9 heteroatoms. The van der Waals surface area contributed by atoms with Crippen molar-refractivity contribution in [2.75, 3.05) is 6.61 Å². The molecule has 0 spiro atoms. The molecule has 140 valence electrons. The fourth-order valence-electron chi connectivity index (χ4n) is 3.42. The number of benzene rings is 1. The van der Waals surface area contributed by atoms with Crippen molar-refractivity contribution in [3.8, 4) is 5.75 Å². The zero-order valence-electron chi connectivity index (χ0n) is 14.4. The van der Waals surface area contributed by atoms with E-state index in [0.29, 0.717) is 0 Å². The zero-order chi connectivity index (χ0) is 19.2. The first-order valence-electron chi connectivity index (χ1n) is 7.68. The van der Waals surface area contributed by atoms with Crippen molar-refractivity contribution in [3.05, 3.63) is 29.6 Å². The van der Waals surface area contributed by atoms with Gasteiger partial charge in [-0.15, -0.1) is 0 Å². The van der Waals surface area contributed by atoms with E-state index in [9.17, 15) is 22.7 Å². The van der Waals surface area contributed by atoms with Crippen LogP contribution in [0.3, 0.4) is 0 Å². The first-order chi connectivity index (χ1) is 11.3. The predicted molar refractivity (Wildman–Crippen MR) is 87.8 cm³/mol. The van der Waals surface area contributed by atoms with Crippen LogP contribution in [0.5, 0.6) is 5.75 Å². The van der Waals surface area contributed by atoms with Gasteiger partial charge in [-0.3, -0.25) is 0 Å². The summed E-state index contributed by atoms with van der Waals surface area (Å²) >= 11 is 0. The summed E-state index contributed by atoms with van der Waals surface area (Å²) in [5.41, 5.74) is 1.74. The number of primary amides is 1. The molecule has 1 amide bonds. The predicted octanol–water partition coefficient (Wildman–Crippen LogP) is 1.88. The Hall–Kier alpha value is -1.87. The molecule has 1 aromatic rings. The lowest BCUT2D eigenvalue weighted by Crippen LogP contribution is -2.58. The van der Waals surface area contributed by atoms with Gasteiger partial charge >= 0.3 is 16.2 Å². The fourth-order valence-corrected chi connectivity index (χ4v) is 5.41. The third kappa shape index (κ3) is 3.43. The summed E-state index contributed by atoms with van der Waals surface area (Å²) in [7, 11) is -4.63. The maximum atomic E-state index is 13.8. The summed E-state index contributed by atoms with van der Waals surface area (Å²) in [5, 5.41) is 9.90. The van der Waals surface area contributed by atoms with E-state index in [1.165, 1.54) is 6.07 Å². The van der Waals surface area contributed by atoms with E-state index >= 15 is 0 Å². The summed E-state index contributed by atoms with van der Waals surface area (Å²) in [5.74, 6) is -1.21. The van der Waals surface area contributed by atoms with Crippen molar-refractivity contribution < 1.29 is 31.6 Å². The molecule has 0 aromatic heterocycles. The van der Waals surface area contributed by atoms with Crippen LogP contribution in [0.1, 0.15) is 33.3 Å². The maximum absolute atomic E-state index is 13.8. The van der Waals surface area contributed by atoms with Gasteiger partial charge in [-0.05, 0) is 23.6 Å². The monoisotopic (exact) mass is 375 g/mol. The number of carbonyl (C=O) groups excluding carboxylic acids is 1. The number of hydrogen-bond donors (Lipinski definition) is 2. The van der Waals surface area contributed by atoms with Gasteiger partial charge in [0.25, 0.3) is 0 Å². The lowest BCUT2D eigenvalue weighted by atomic mass is 9.70. The Labute approximate surface area is 146 Å². The standard InChI is InChI=1S/C16H22FNO6S/c1-9-8-23-12-6-5-10(17)7-11(12)16(9,20)13(15(2,3)4)25(21,22)24-14(18)19/h5-7,9,13,20H,8H2,1-4H3,(H2,18,19). The smallest absolute Gasteiger partial charge is 0.420 e. The highest BCUT2D eigenvalue weighted by atomic mass is 32.2.